The Morgan fingerprint density at radius 1 is 1.07 bits per heavy atom. The first-order valence-electron chi connectivity index (χ1n) is 7.86. The van der Waals surface area contributed by atoms with Crippen LogP contribution in [0.4, 0.5) is 36.8 Å². The third kappa shape index (κ3) is 4.90. The molecule has 0 radical (unpaired) electrons. The summed E-state index contributed by atoms with van der Waals surface area (Å²) < 4.78 is 83.7. The van der Waals surface area contributed by atoms with E-state index in [2.05, 4.69) is 9.97 Å². The van der Waals surface area contributed by atoms with E-state index in [1.807, 2.05) is 0 Å². The number of alkyl halides is 6. The highest BCUT2D eigenvalue weighted by molar-refractivity contribution is 5.88. The second-order valence-corrected chi connectivity index (χ2v) is 6.01. The van der Waals surface area contributed by atoms with E-state index in [0.717, 1.165) is 25.4 Å². The molecule has 0 atom stereocenters. The summed E-state index contributed by atoms with van der Waals surface area (Å²) in [5.74, 6) is 0. The number of hydrogen-bond donors (Lipinski definition) is 0. The number of carbonyl (C=O) groups excluding carboxylic acids is 1. The SMILES string of the molecule is CC(C)OC(=O)N(C)c1ccc(-c2cncc(C(F)(F)F)c2)nc1C(F)(F)F. The summed E-state index contributed by atoms with van der Waals surface area (Å²) in [6.45, 7) is 3.05. The van der Waals surface area contributed by atoms with E-state index in [1.165, 1.54) is 13.8 Å². The number of anilines is 1. The maximum absolute atomic E-state index is 13.5. The number of rotatable bonds is 3. The molecule has 2 heterocycles. The van der Waals surface area contributed by atoms with Gasteiger partial charge in [0.15, 0.2) is 5.69 Å². The molecule has 28 heavy (non-hydrogen) atoms. The third-order valence-corrected chi connectivity index (χ3v) is 3.48. The molecule has 1 amide bonds. The molecule has 0 spiro atoms. The van der Waals surface area contributed by atoms with Gasteiger partial charge in [-0.2, -0.15) is 26.3 Å². The van der Waals surface area contributed by atoms with Gasteiger partial charge in [-0.15, -0.1) is 0 Å². The lowest BCUT2D eigenvalue weighted by Crippen LogP contribution is -2.31. The Balaban J connectivity index is 2.53. The number of ether oxygens (including phenoxy) is 1. The monoisotopic (exact) mass is 407 g/mol. The Hall–Kier alpha value is -2.85. The molecule has 0 aliphatic carbocycles. The van der Waals surface area contributed by atoms with Gasteiger partial charge in [-0.3, -0.25) is 9.88 Å². The van der Waals surface area contributed by atoms with E-state index in [4.69, 9.17) is 4.74 Å². The van der Waals surface area contributed by atoms with Crippen LogP contribution in [-0.4, -0.2) is 29.2 Å². The normalized spacial score (nSPS) is 12.2. The highest BCUT2D eigenvalue weighted by Gasteiger charge is 2.38. The predicted octanol–water partition coefficient (Wildman–Crippen LogP) is 5.16. The highest BCUT2D eigenvalue weighted by atomic mass is 19.4. The van der Waals surface area contributed by atoms with E-state index in [9.17, 15) is 31.1 Å². The molecule has 0 fully saturated rings. The van der Waals surface area contributed by atoms with Crippen molar-refractivity contribution in [1.29, 1.82) is 0 Å². The van der Waals surface area contributed by atoms with Gasteiger partial charge in [-0.05, 0) is 32.0 Å². The van der Waals surface area contributed by atoms with Crippen molar-refractivity contribution in [3.8, 4) is 11.3 Å². The quantitative estimate of drug-likeness (QED) is 0.660. The van der Waals surface area contributed by atoms with E-state index in [1.54, 1.807) is 0 Å². The van der Waals surface area contributed by atoms with Crippen molar-refractivity contribution in [1.82, 2.24) is 9.97 Å². The molecule has 152 valence electrons. The standard InChI is InChI=1S/C17H15F6N3O2/c1-9(2)28-15(27)26(3)13-5-4-12(25-14(13)17(21,22)23)10-6-11(8-24-7-10)16(18,19)20/h4-9H,1-3H3. The first-order valence-corrected chi connectivity index (χ1v) is 7.86. The van der Waals surface area contributed by atoms with Crippen LogP contribution in [0.3, 0.4) is 0 Å². The summed E-state index contributed by atoms with van der Waals surface area (Å²) in [5, 5.41) is 0. The molecule has 2 rings (SSSR count). The van der Waals surface area contributed by atoms with E-state index >= 15 is 0 Å². The number of pyridine rings is 2. The lowest BCUT2D eigenvalue weighted by atomic mass is 10.1. The smallest absolute Gasteiger partial charge is 0.435 e. The first-order chi connectivity index (χ1) is 12.8. The second-order valence-electron chi connectivity index (χ2n) is 6.01. The average molecular weight is 407 g/mol. The Morgan fingerprint density at radius 2 is 1.71 bits per heavy atom. The van der Waals surface area contributed by atoms with Crippen molar-refractivity contribution < 1.29 is 35.9 Å². The second kappa shape index (κ2) is 7.64. The van der Waals surface area contributed by atoms with Gasteiger partial charge in [0.2, 0.25) is 0 Å². The molecular formula is C17H15F6N3O2. The van der Waals surface area contributed by atoms with Crippen LogP contribution in [-0.2, 0) is 17.1 Å². The minimum absolute atomic E-state index is 0.251. The minimum atomic E-state index is -4.97. The van der Waals surface area contributed by atoms with Gasteiger partial charge >= 0.3 is 18.4 Å². The fourth-order valence-electron chi connectivity index (χ4n) is 2.21. The Labute approximate surface area is 156 Å². The molecule has 0 aliphatic rings. The molecule has 0 N–H and O–H groups in total. The van der Waals surface area contributed by atoms with Crippen LogP contribution in [0.1, 0.15) is 25.1 Å². The third-order valence-electron chi connectivity index (χ3n) is 3.48. The van der Waals surface area contributed by atoms with Crippen molar-refractivity contribution in [3.63, 3.8) is 0 Å². The molecule has 0 saturated carbocycles. The summed E-state index contributed by atoms with van der Waals surface area (Å²) >= 11 is 0. The zero-order valence-electron chi connectivity index (χ0n) is 14.9. The number of halogens is 6. The summed E-state index contributed by atoms with van der Waals surface area (Å²) in [5.41, 5.74) is -3.78. The van der Waals surface area contributed by atoms with Gasteiger partial charge in [0.25, 0.3) is 0 Å². The van der Waals surface area contributed by atoms with Gasteiger partial charge in [0.05, 0.1) is 23.0 Å². The van der Waals surface area contributed by atoms with Crippen LogP contribution in [0.25, 0.3) is 11.3 Å². The average Bonchev–Trinajstić information content (AvgIpc) is 2.58. The number of hydrogen-bond acceptors (Lipinski definition) is 4. The van der Waals surface area contributed by atoms with Gasteiger partial charge in [-0.25, -0.2) is 9.78 Å². The highest BCUT2D eigenvalue weighted by Crippen LogP contribution is 2.37. The maximum Gasteiger partial charge on any atom is 0.435 e. The minimum Gasteiger partial charge on any atom is -0.446 e. The van der Waals surface area contributed by atoms with Crippen molar-refractivity contribution >= 4 is 11.8 Å². The number of carbonyl (C=O) groups is 1. The molecule has 0 aromatic carbocycles. The van der Waals surface area contributed by atoms with Crippen LogP contribution in [0.5, 0.6) is 0 Å². The summed E-state index contributed by atoms with van der Waals surface area (Å²) in [6, 6.07) is 2.65. The largest absolute Gasteiger partial charge is 0.446 e. The van der Waals surface area contributed by atoms with Gasteiger partial charge < -0.3 is 4.74 Å². The lowest BCUT2D eigenvalue weighted by Gasteiger charge is -2.22. The lowest BCUT2D eigenvalue weighted by molar-refractivity contribution is -0.140. The topological polar surface area (TPSA) is 55.3 Å². The first kappa shape index (κ1) is 21.5. The molecule has 0 saturated heterocycles. The summed E-state index contributed by atoms with van der Waals surface area (Å²) in [6.07, 6.45) is -9.75. The Kier molecular flexibility index (Phi) is 5.86. The van der Waals surface area contributed by atoms with Crippen LogP contribution < -0.4 is 4.90 Å². The zero-order chi connectivity index (χ0) is 21.3. The van der Waals surface area contributed by atoms with Crippen molar-refractivity contribution in [3.05, 3.63) is 41.9 Å². The maximum atomic E-state index is 13.5. The fraction of sp³-hybridized carbons (Fsp3) is 0.353. The number of nitrogens with zero attached hydrogens (tertiary/aromatic N) is 3. The van der Waals surface area contributed by atoms with Crippen LogP contribution >= 0.6 is 0 Å². The molecule has 11 heteroatoms. The van der Waals surface area contributed by atoms with Crippen LogP contribution in [0.15, 0.2) is 30.6 Å². The van der Waals surface area contributed by atoms with Gasteiger partial charge in [0, 0.05) is 25.0 Å². The van der Waals surface area contributed by atoms with Gasteiger partial charge in [-0.1, -0.05) is 0 Å². The fourth-order valence-corrected chi connectivity index (χ4v) is 2.21. The van der Waals surface area contributed by atoms with Crippen LogP contribution in [0.2, 0.25) is 0 Å². The predicted molar refractivity (Wildman–Crippen MR) is 87.5 cm³/mol. The molecule has 0 bridgehead atoms. The molecule has 2 aromatic heterocycles. The Bertz CT molecular complexity index is 865. The van der Waals surface area contributed by atoms with Crippen LogP contribution in [0, 0.1) is 0 Å². The molecule has 0 aliphatic heterocycles. The van der Waals surface area contributed by atoms with Crippen molar-refractivity contribution in [2.45, 2.75) is 32.3 Å². The van der Waals surface area contributed by atoms with Crippen molar-refractivity contribution in [2.24, 2.45) is 0 Å². The molecule has 2 aromatic rings. The summed E-state index contributed by atoms with van der Waals surface area (Å²) in [4.78, 5) is 19.4. The number of amides is 1. The van der Waals surface area contributed by atoms with Crippen molar-refractivity contribution in [2.75, 3.05) is 11.9 Å². The van der Waals surface area contributed by atoms with E-state index in [0.29, 0.717) is 17.2 Å². The van der Waals surface area contributed by atoms with Gasteiger partial charge in [0.1, 0.15) is 0 Å². The summed E-state index contributed by atoms with van der Waals surface area (Å²) in [7, 11) is 1.07. The Morgan fingerprint density at radius 3 is 2.25 bits per heavy atom. The molecule has 5 nitrogen and oxygen atoms in total. The van der Waals surface area contributed by atoms with E-state index < -0.39 is 41.5 Å². The van der Waals surface area contributed by atoms with E-state index in [-0.39, 0.29) is 11.3 Å². The zero-order valence-corrected chi connectivity index (χ0v) is 14.9. The molecular weight excluding hydrogens is 392 g/mol. The molecule has 0 unspecified atom stereocenters. The number of aromatic nitrogens is 2.